The lowest BCUT2D eigenvalue weighted by Crippen LogP contribution is -2.23. The van der Waals surface area contributed by atoms with E-state index in [1.54, 1.807) is 24.3 Å². The third-order valence-corrected chi connectivity index (χ3v) is 5.67. The van der Waals surface area contributed by atoms with Gasteiger partial charge in [0, 0.05) is 12.2 Å². The zero-order chi connectivity index (χ0) is 23.9. The fraction of sp³-hybridized carbons (Fsp3) is 0.231. The Kier molecular flexibility index (Phi) is 7.77. The molecule has 1 heterocycles. The summed E-state index contributed by atoms with van der Waals surface area (Å²) >= 11 is 6.45. The Labute approximate surface area is 203 Å². The van der Waals surface area contributed by atoms with Crippen molar-refractivity contribution in [3.05, 3.63) is 83.4 Å². The second-order valence-electron chi connectivity index (χ2n) is 7.81. The van der Waals surface area contributed by atoms with Crippen LogP contribution in [-0.2, 0) is 6.61 Å². The molecule has 0 radical (unpaired) electrons. The number of hydrogen-bond acceptors (Lipinski definition) is 6. The molecule has 176 valence electrons. The highest BCUT2D eigenvalue weighted by Gasteiger charge is 2.12. The van der Waals surface area contributed by atoms with Crippen LogP contribution in [0.3, 0.4) is 0 Å². The lowest BCUT2D eigenvalue weighted by molar-refractivity contribution is 0.245. The van der Waals surface area contributed by atoms with Crippen LogP contribution in [0.25, 0.3) is 10.9 Å². The minimum Gasteiger partial charge on any atom is -0.491 e. The smallest absolute Gasteiger partial charge is 0.145 e. The van der Waals surface area contributed by atoms with Gasteiger partial charge in [0.1, 0.15) is 42.7 Å². The molecule has 6 nitrogen and oxygen atoms in total. The molecule has 0 saturated carbocycles. The molecular weight excluding hydrogens is 455 g/mol. The molecule has 0 aliphatic heterocycles. The van der Waals surface area contributed by atoms with Gasteiger partial charge in [0.05, 0.1) is 15.9 Å². The summed E-state index contributed by atoms with van der Waals surface area (Å²) < 4.78 is 25.2. The van der Waals surface area contributed by atoms with Gasteiger partial charge >= 0.3 is 0 Å². The maximum absolute atomic E-state index is 13.4. The van der Waals surface area contributed by atoms with Crippen LogP contribution in [0.4, 0.5) is 15.9 Å². The average Bonchev–Trinajstić information content (AvgIpc) is 2.83. The molecule has 0 amide bonds. The second kappa shape index (κ2) is 11.1. The van der Waals surface area contributed by atoms with Gasteiger partial charge in [0.2, 0.25) is 0 Å². The minimum atomic E-state index is -0.301. The molecule has 4 rings (SSSR count). The molecule has 4 aromatic rings. The molecule has 3 aromatic carbocycles. The first-order chi connectivity index (χ1) is 16.5. The Morgan fingerprint density at radius 1 is 1.00 bits per heavy atom. The average molecular weight is 481 g/mol. The van der Waals surface area contributed by atoms with E-state index < -0.39 is 0 Å². The summed E-state index contributed by atoms with van der Waals surface area (Å²) in [5.41, 5.74) is 2.24. The van der Waals surface area contributed by atoms with Gasteiger partial charge in [-0.2, -0.15) is 0 Å². The van der Waals surface area contributed by atoms with Crippen LogP contribution in [-0.4, -0.2) is 41.6 Å². The van der Waals surface area contributed by atoms with Gasteiger partial charge in [-0.15, -0.1) is 0 Å². The van der Waals surface area contributed by atoms with Gasteiger partial charge < -0.3 is 19.7 Å². The molecule has 0 saturated heterocycles. The molecule has 1 N–H and O–H groups in total. The number of fused-ring (bicyclic) bond motifs is 1. The first kappa shape index (κ1) is 23.7. The Bertz CT molecular complexity index is 1270. The standard InChI is InChI=1S/C26H26ClFN4O2/c1-3-32(2)12-13-33-24-9-5-8-22-25(24)26(30-17-29-22)31-20-10-11-23(21(27)15-20)34-16-18-6-4-7-19(28)14-18/h4-11,14-15,17H,3,12-13,16H2,1-2H3,(H,29,30,31). The van der Waals surface area contributed by atoms with Crippen LogP contribution in [0.5, 0.6) is 11.5 Å². The predicted octanol–water partition coefficient (Wildman–Crippen LogP) is 6.08. The fourth-order valence-corrected chi connectivity index (χ4v) is 3.62. The molecule has 0 bridgehead atoms. The van der Waals surface area contributed by atoms with Gasteiger partial charge in [-0.3, -0.25) is 0 Å². The number of nitrogens with zero attached hydrogens (tertiary/aromatic N) is 3. The van der Waals surface area contributed by atoms with Crippen molar-refractivity contribution < 1.29 is 13.9 Å². The number of benzene rings is 3. The van der Waals surface area contributed by atoms with Crippen molar-refractivity contribution in [2.24, 2.45) is 0 Å². The molecule has 34 heavy (non-hydrogen) atoms. The van der Waals surface area contributed by atoms with Crippen LogP contribution in [0.2, 0.25) is 5.02 Å². The van der Waals surface area contributed by atoms with Crippen LogP contribution in [0.1, 0.15) is 12.5 Å². The number of halogens is 2. The lowest BCUT2D eigenvalue weighted by Gasteiger charge is -2.16. The Balaban J connectivity index is 1.51. The predicted molar refractivity (Wildman–Crippen MR) is 134 cm³/mol. The number of aromatic nitrogens is 2. The fourth-order valence-electron chi connectivity index (χ4n) is 3.38. The molecular formula is C26H26ClFN4O2. The van der Waals surface area contributed by atoms with E-state index >= 15 is 0 Å². The SMILES string of the molecule is CCN(C)CCOc1cccc2ncnc(Nc3ccc(OCc4cccc(F)c4)c(Cl)c3)c12. The molecule has 0 spiro atoms. The van der Waals surface area contributed by atoms with Crippen molar-refractivity contribution in [2.45, 2.75) is 13.5 Å². The van der Waals surface area contributed by atoms with Crippen LogP contribution in [0.15, 0.2) is 67.0 Å². The van der Waals surface area contributed by atoms with Crippen molar-refractivity contribution in [2.75, 3.05) is 32.1 Å². The van der Waals surface area contributed by atoms with E-state index in [0.717, 1.165) is 35.2 Å². The van der Waals surface area contributed by atoms with E-state index in [2.05, 4.69) is 34.2 Å². The third-order valence-electron chi connectivity index (χ3n) is 5.37. The molecule has 0 atom stereocenters. The van der Waals surface area contributed by atoms with E-state index in [4.69, 9.17) is 21.1 Å². The summed E-state index contributed by atoms with van der Waals surface area (Å²) in [5.74, 6) is 1.54. The molecule has 8 heteroatoms. The van der Waals surface area contributed by atoms with Gasteiger partial charge in [-0.25, -0.2) is 14.4 Å². The van der Waals surface area contributed by atoms with Crippen molar-refractivity contribution in [1.82, 2.24) is 14.9 Å². The Hall–Kier alpha value is -3.42. The minimum absolute atomic E-state index is 0.217. The molecule has 1 aromatic heterocycles. The van der Waals surface area contributed by atoms with Gasteiger partial charge in [-0.05, 0) is 61.6 Å². The van der Waals surface area contributed by atoms with E-state index in [1.165, 1.54) is 18.5 Å². The zero-order valence-electron chi connectivity index (χ0n) is 19.1. The van der Waals surface area contributed by atoms with Crippen molar-refractivity contribution in [3.63, 3.8) is 0 Å². The summed E-state index contributed by atoms with van der Waals surface area (Å²) in [6, 6.07) is 17.4. The largest absolute Gasteiger partial charge is 0.491 e. The van der Waals surface area contributed by atoms with E-state index in [9.17, 15) is 4.39 Å². The number of hydrogen-bond donors (Lipinski definition) is 1. The summed E-state index contributed by atoms with van der Waals surface area (Å²) in [4.78, 5) is 11.0. The number of ether oxygens (including phenoxy) is 2. The molecule has 0 aliphatic rings. The molecule has 0 unspecified atom stereocenters. The highest BCUT2D eigenvalue weighted by Crippen LogP contribution is 2.34. The van der Waals surface area contributed by atoms with Gasteiger partial charge in [0.25, 0.3) is 0 Å². The van der Waals surface area contributed by atoms with E-state index in [1.807, 2.05) is 24.3 Å². The zero-order valence-corrected chi connectivity index (χ0v) is 19.8. The lowest BCUT2D eigenvalue weighted by atomic mass is 10.2. The third kappa shape index (κ3) is 5.92. The first-order valence-electron chi connectivity index (χ1n) is 11.0. The number of nitrogens with one attached hydrogen (secondary N) is 1. The van der Waals surface area contributed by atoms with Crippen LogP contribution >= 0.6 is 11.6 Å². The van der Waals surface area contributed by atoms with Crippen molar-refractivity contribution >= 4 is 34.0 Å². The quantitative estimate of drug-likeness (QED) is 0.297. The first-order valence-corrected chi connectivity index (χ1v) is 11.4. The maximum atomic E-state index is 13.4. The number of rotatable bonds is 10. The van der Waals surface area contributed by atoms with Gasteiger partial charge in [-0.1, -0.05) is 36.7 Å². The monoisotopic (exact) mass is 480 g/mol. The summed E-state index contributed by atoms with van der Waals surface area (Å²) in [5, 5.41) is 4.54. The Morgan fingerprint density at radius 2 is 1.85 bits per heavy atom. The Morgan fingerprint density at radius 3 is 2.65 bits per heavy atom. The summed E-state index contributed by atoms with van der Waals surface area (Å²) in [6.07, 6.45) is 1.51. The molecule has 0 fully saturated rings. The summed E-state index contributed by atoms with van der Waals surface area (Å²) in [7, 11) is 2.05. The topological polar surface area (TPSA) is 59.5 Å². The molecule has 0 aliphatic carbocycles. The van der Waals surface area contributed by atoms with Crippen LogP contribution < -0.4 is 14.8 Å². The normalized spacial score (nSPS) is 11.1. The highest BCUT2D eigenvalue weighted by molar-refractivity contribution is 6.32. The second-order valence-corrected chi connectivity index (χ2v) is 8.21. The van der Waals surface area contributed by atoms with Crippen LogP contribution in [0, 0.1) is 5.82 Å². The number of anilines is 2. The van der Waals surface area contributed by atoms with Crippen molar-refractivity contribution in [3.8, 4) is 11.5 Å². The van der Waals surface area contributed by atoms with E-state index in [-0.39, 0.29) is 12.4 Å². The van der Waals surface area contributed by atoms with E-state index in [0.29, 0.717) is 28.9 Å². The van der Waals surface area contributed by atoms with Crippen molar-refractivity contribution in [1.29, 1.82) is 0 Å². The van der Waals surface area contributed by atoms with Gasteiger partial charge in [0.15, 0.2) is 0 Å². The highest BCUT2D eigenvalue weighted by atomic mass is 35.5. The summed E-state index contributed by atoms with van der Waals surface area (Å²) in [6.45, 7) is 4.65. The maximum Gasteiger partial charge on any atom is 0.145 e. The number of likely N-dealkylation sites (N-methyl/N-ethyl adjacent to an activating group) is 1.